The minimum Gasteiger partial charge on any atom is -0.480 e. The summed E-state index contributed by atoms with van der Waals surface area (Å²) in [4.78, 5) is 22.6. The molecule has 7 nitrogen and oxygen atoms in total. The Bertz CT molecular complexity index is 615. The predicted molar refractivity (Wildman–Crippen MR) is 70.5 cm³/mol. The van der Waals surface area contributed by atoms with Gasteiger partial charge in [0.15, 0.2) is 5.82 Å². The molecule has 0 unspecified atom stereocenters. The number of nitrogens with zero attached hydrogens (tertiary/aromatic N) is 2. The Labute approximate surface area is 115 Å². The van der Waals surface area contributed by atoms with Crippen molar-refractivity contribution in [2.75, 3.05) is 5.32 Å². The highest BCUT2D eigenvalue weighted by Gasteiger charge is 2.15. The molecule has 0 bridgehead atoms. The third kappa shape index (κ3) is 3.25. The van der Waals surface area contributed by atoms with Crippen LogP contribution in [-0.4, -0.2) is 26.8 Å². The summed E-state index contributed by atoms with van der Waals surface area (Å²) in [6.45, 7) is 1.75. The van der Waals surface area contributed by atoms with Crippen LogP contribution < -0.4 is 5.32 Å². The number of carboxylic acids is 1. The van der Waals surface area contributed by atoms with Crippen molar-refractivity contribution in [3.05, 3.63) is 35.9 Å². The van der Waals surface area contributed by atoms with Crippen LogP contribution >= 0.6 is 0 Å². The van der Waals surface area contributed by atoms with E-state index in [1.807, 2.05) is 6.92 Å². The van der Waals surface area contributed by atoms with Gasteiger partial charge in [0.05, 0.1) is 11.8 Å². The van der Waals surface area contributed by atoms with Gasteiger partial charge >= 0.3 is 5.97 Å². The number of carbonyl (C=O) groups excluding carboxylic acids is 1. The molecule has 0 aliphatic carbocycles. The monoisotopic (exact) mass is 277 g/mol. The number of hydrogen-bond acceptors (Lipinski definition) is 4. The molecule has 2 rings (SSSR count). The summed E-state index contributed by atoms with van der Waals surface area (Å²) in [6.07, 6.45) is 4.53. The number of hydrogen-bond donors (Lipinski definition) is 2. The smallest absolute Gasteiger partial charge is 0.325 e. The third-order valence-corrected chi connectivity index (χ3v) is 2.65. The van der Waals surface area contributed by atoms with Crippen LogP contribution in [-0.2, 0) is 17.8 Å². The van der Waals surface area contributed by atoms with Gasteiger partial charge in [-0.05, 0) is 12.5 Å². The van der Waals surface area contributed by atoms with E-state index in [0.29, 0.717) is 23.6 Å². The van der Waals surface area contributed by atoms with Gasteiger partial charge in [0.2, 0.25) is 0 Å². The number of rotatable bonds is 6. The maximum Gasteiger partial charge on any atom is 0.325 e. The number of anilines is 1. The van der Waals surface area contributed by atoms with E-state index in [4.69, 9.17) is 9.52 Å². The molecule has 1 amide bonds. The zero-order chi connectivity index (χ0) is 14.5. The van der Waals surface area contributed by atoms with Crippen molar-refractivity contribution in [3.8, 4) is 0 Å². The summed E-state index contributed by atoms with van der Waals surface area (Å²) < 4.78 is 6.49. The van der Waals surface area contributed by atoms with Crippen LogP contribution in [0.4, 0.5) is 5.82 Å². The Morgan fingerprint density at radius 1 is 1.45 bits per heavy atom. The molecule has 0 saturated heterocycles. The average molecular weight is 277 g/mol. The van der Waals surface area contributed by atoms with Crippen molar-refractivity contribution in [3.63, 3.8) is 0 Å². The maximum absolute atomic E-state index is 12.1. The Hall–Kier alpha value is -2.57. The summed E-state index contributed by atoms with van der Waals surface area (Å²) in [7, 11) is 0. The number of amides is 1. The van der Waals surface area contributed by atoms with Gasteiger partial charge in [-0.1, -0.05) is 6.92 Å². The Morgan fingerprint density at radius 2 is 2.25 bits per heavy atom. The summed E-state index contributed by atoms with van der Waals surface area (Å²) >= 11 is 0. The van der Waals surface area contributed by atoms with Gasteiger partial charge in [0, 0.05) is 18.7 Å². The molecule has 2 aromatic heterocycles. The zero-order valence-corrected chi connectivity index (χ0v) is 11.0. The molecule has 20 heavy (non-hydrogen) atoms. The molecule has 7 heteroatoms. The summed E-state index contributed by atoms with van der Waals surface area (Å²) in [5.74, 6) is -0.372. The zero-order valence-electron chi connectivity index (χ0n) is 11.0. The van der Waals surface area contributed by atoms with Gasteiger partial charge < -0.3 is 14.8 Å². The second-order valence-corrected chi connectivity index (χ2v) is 4.25. The number of nitrogens with one attached hydrogen (secondary N) is 1. The van der Waals surface area contributed by atoms with Gasteiger partial charge in [-0.2, -0.15) is 5.10 Å². The van der Waals surface area contributed by atoms with E-state index in [-0.39, 0.29) is 12.5 Å². The fourth-order valence-corrected chi connectivity index (χ4v) is 1.80. The number of furan rings is 1. The molecule has 0 radical (unpaired) electrons. The maximum atomic E-state index is 12.1. The van der Waals surface area contributed by atoms with Crippen molar-refractivity contribution in [2.24, 2.45) is 0 Å². The third-order valence-electron chi connectivity index (χ3n) is 2.65. The fraction of sp³-hybridized carbons (Fsp3) is 0.308. The van der Waals surface area contributed by atoms with Crippen molar-refractivity contribution in [2.45, 2.75) is 26.3 Å². The minimum atomic E-state index is -0.994. The first kappa shape index (κ1) is 13.9. The molecule has 0 fully saturated rings. The van der Waals surface area contributed by atoms with E-state index < -0.39 is 5.97 Å². The number of aliphatic carboxylic acids is 1. The molecule has 0 atom stereocenters. The lowest BCUT2D eigenvalue weighted by Crippen LogP contribution is -2.14. The molecule has 2 heterocycles. The summed E-state index contributed by atoms with van der Waals surface area (Å²) in [5, 5.41) is 15.2. The van der Waals surface area contributed by atoms with E-state index in [1.54, 1.807) is 12.1 Å². The fourth-order valence-electron chi connectivity index (χ4n) is 1.80. The highest BCUT2D eigenvalue weighted by Crippen LogP contribution is 2.14. The molecule has 0 aliphatic heterocycles. The number of aromatic nitrogens is 2. The first-order chi connectivity index (χ1) is 9.60. The number of carboxylic acid groups (broad SMARTS) is 1. The van der Waals surface area contributed by atoms with Gasteiger partial charge in [0.1, 0.15) is 12.3 Å². The van der Waals surface area contributed by atoms with Crippen LogP contribution in [0.5, 0.6) is 0 Å². The van der Waals surface area contributed by atoms with E-state index in [1.165, 1.54) is 17.1 Å². The Kier molecular flexibility index (Phi) is 4.19. The first-order valence-electron chi connectivity index (χ1n) is 6.23. The molecule has 2 aromatic rings. The van der Waals surface area contributed by atoms with Crippen LogP contribution in [0.2, 0.25) is 0 Å². The molecule has 0 spiro atoms. The molecular formula is C13H15N3O4. The minimum absolute atomic E-state index is 0.247. The standard InChI is InChI=1S/C13H15N3O4/c1-2-3-10-9(5-7-20-10)13(19)14-11-4-6-16(15-11)8-12(17)18/h4-7H,2-3,8H2,1H3,(H,17,18)(H,14,15,19). The lowest BCUT2D eigenvalue weighted by molar-refractivity contribution is -0.137. The second kappa shape index (κ2) is 6.05. The van der Waals surface area contributed by atoms with Crippen LogP contribution in [0.15, 0.2) is 29.0 Å². The lowest BCUT2D eigenvalue weighted by Gasteiger charge is -2.02. The number of aryl methyl sites for hydroxylation is 1. The van der Waals surface area contributed by atoms with Gasteiger partial charge in [-0.3, -0.25) is 14.3 Å². The highest BCUT2D eigenvalue weighted by atomic mass is 16.4. The molecule has 0 saturated carbocycles. The average Bonchev–Trinajstić information content (AvgIpc) is 2.98. The predicted octanol–water partition coefficient (Wildman–Crippen LogP) is 1.77. The van der Waals surface area contributed by atoms with Crippen molar-refractivity contribution in [1.29, 1.82) is 0 Å². The quantitative estimate of drug-likeness (QED) is 0.838. The van der Waals surface area contributed by atoms with Gasteiger partial charge in [0.25, 0.3) is 5.91 Å². The van der Waals surface area contributed by atoms with Crippen molar-refractivity contribution >= 4 is 17.7 Å². The van der Waals surface area contributed by atoms with Crippen LogP contribution in [0, 0.1) is 0 Å². The normalized spacial score (nSPS) is 10.4. The lowest BCUT2D eigenvalue weighted by atomic mass is 10.1. The largest absolute Gasteiger partial charge is 0.480 e. The topological polar surface area (TPSA) is 97.4 Å². The first-order valence-corrected chi connectivity index (χ1v) is 6.23. The van der Waals surface area contributed by atoms with Crippen LogP contribution in [0.25, 0.3) is 0 Å². The number of carbonyl (C=O) groups is 2. The van der Waals surface area contributed by atoms with Crippen molar-refractivity contribution < 1.29 is 19.1 Å². The SMILES string of the molecule is CCCc1occc1C(=O)Nc1ccn(CC(=O)O)n1. The van der Waals surface area contributed by atoms with E-state index in [9.17, 15) is 9.59 Å². The molecular weight excluding hydrogens is 262 g/mol. The Morgan fingerprint density at radius 3 is 2.95 bits per heavy atom. The van der Waals surface area contributed by atoms with Crippen molar-refractivity contribution in [1.82, 2.24) is 9.78 Å². The highest BCUT2D eigenvalue weighted by molar-refractivity contribution is 6.04. The van der Waals surface area contributed by atoms with E-state index >= 15 is 0 Å². The molecule has 0 aliphatic rings. The van der Waals surface area contributed by atoms with Crippen LogP contribution in [0.3, 0.4) is 0 Å². The molecule has 2 N–H and O–H groups in total. The Balaban J connectivity index is 2.05. The van der Waals surface area contributed by atoms with E-state index in [2.05, 4.69) is 10.4 Å². The molecule has 0 aromatic carbocycles. The van der Waals surface area contributed by atoms with Crippen LogP contribution in [0.1, 0.15) is 29.5 Å². The van der Waals surface area contributed by atoms with Gasteiger partial charge in [-0.15, -0.1) is 0 Å². The summed E-state index contributed by atoms with van der Waals surface area (Å²) in [6, 6.07) is 3.15. The van der Waals surface area contributed by atoms with E-state index in [0.717, 1.165) is 6.42 Å². The van der Waals surface area contributed by atoms with Gasteiger partial charge in [-0.25, -0.2) is 0 Å². The molecule has 106 valence electrons. The second-order valence-electron chi connectivity index (χ2n) is 4.25. The summed E-state index contributed by atoms with van der Waals surface area (Å²) in [5.41, 5.74) is 0.472.